The second-order valence-corrected chi connectivity index (χ2v) is 6.53. The van der Waals surface area contributed by atoms with Crippen LogP contribution in [0.25, 0.3) is 11.4 Å². The lowest BCUT2D eigenvalue weighted by atomic mass is 10.2. The predicted molar refractivity (Wildman–Crippen MR) is 82.5 cm³/mol. The normalized spacial score (nSPS) is 11.3. The summed E-state index contributed by atoms with van der Waals surface area (Å²) in [5.74, 6) is 1.13. The Hall–Kier alpha value is -2.60. The van der Waals surface area contributed by atoms with E-state index in [1.165, 1.54) is 19.2 Å². The molecule has 0 atom stereocenters. The van der Waals surface area contributed by atoms with Gasteiger partial charge in [-0.15, -0.1) is 0 Å². The van der Waals surface area contributed by atoms with Crippen molar-refractivity contribution in [1.29, 1.82) is 0 Å². The quantitative estimate of drug-likeness (QED) is 0.803. The molecular weight excluding hydrogens is 300 g/mol. The second-order valence-electron chi connectivity index (χ2n) is 4.61. The third-order valence-electron chi connectivity index (χ3n) is 3.30. The van der Waals surface area contributed by atoms with Gasteiger partial charge in [0.1, 0.15) is 11.6 Å². The molecule has 1 heterocycles. The van der Waals surface area contributed by atoms with Gasteiger partial charge >= 0.3 is 0 Å². The fourth-order valence-electron chi connectivity index (χ4n) is 2.19. The first-order valence-electron chi connectivity index (χ1n) is 6.61. The van der Waals surface area contributed by atoms with E-state index >= 15 is 0 Å². The van der Waals surface area contributed by atoms with E-state index in [-0.39, 0.29) is 9.79 Å². The van der Waals surface area contributed by atoms with Crippen LogP contribution in [0.4, 0.5) is 0 Å². The number of hydrogen-bond acceptors (Lipinski definition) is 4. The third kappa shape index (κ3) is 2.48. The molecule has 3 aromatic rings. The Balaban J connectivity index is 2.13. The summed E-state index contributed by atoms with van der Waals surface area (Å²) in [5, 5.41) is 0. The predicted octanol–water partition coefficient (Wildman–Crippen LogP) is 2.92. The summed E-state index contributed by atoms with van der Waals surface area (Å²) in [6.45, 7) is 0. The Morgan fingerprint density at radius 3 is 2.41 bits per heavy atom. The van der Waals surface area contributed by atoms with Crippen molar-refractivity contribution in [3.63, 3.8) is 0 Å². The number of sulfone groups is 1. The lowest BCUT2D eigenvalue weighted by Crippen LogP contribution is -2.04. The Morgan fingerprint density at radius 2 is 1.77 bits per heavy atom. The van der Waals surface area contributed by atoms with Crippen molar-refractivity contribution < 1.29 is 13.2 Å². The maximum atomic E-state index is 12.9. The summed E-state index contributed by atoms with van der Waals surface area (Å²) in [7, 11) is -2.10. The van der Waals surface area contributed by atoms with E-state index < -0.39 is 9.84 Å². The number of H-pyrrole nitrogens is 1. The number of hydrogen-bond donors (Lipinski definition) is 1. The zero-order valence-corrected chi connectivity index (χ0v) is 12.7. The van der Waals surface area contributed by atoms with Crippen LogP contribution in [-0.4, -0.2) is 25.5 Å². The number of aromatic nitrogens is 2. The molecule has 0 bridgehead atoms. The topological polar surface area (TPSA) is 72.1 Å². The highest BCUT2D eigenvalue weighted by Gasteiger charge is 2.22. The van der Waals surface area contributed by atoms with Crippen molar-refractivity contribution >= 4 is 9.84 Å². The summed E-state index contributed by atoms with van der Waals surface area (Å²) in [4.78, 5) is 7.51. The number of imidazole rings is 1. The summed E-state index contributed by atoms with van der Waals surface area (Å²) >= 11 is 0. The Labute approximate surface area is 128 Å². The highest BCUT2D eigenvalue weighted by atomic mass is 32.2. The second kappa shape index (κ2) is 5.65. The van der Waals surface area contributed by atoms with Crippen molar-refractivity contribution in [2.45, 2.75) is 9.79 Å². The molecule has 5 nitrogen and oxygen atoms in total. The fourth-order valence-corrected chi connectivity index (χ4v) is 3.65. The van der Waals surface area contributed by atoms with Crippen LogP contribution in [0.3, 0.4) is 0 Å². The van der Waals surface area contributed by atoms with E-state index in [0.717, 1.165) is 0 Å². The van der Waals surface area contributed by atoms with Gasteiger partial charge in [-0.3, -0.25) is 0 Å². The molecule has 0 spiro atoms. The van der Waals surface area contributed by atoms with E-state index in [1.807, 2.05) is 0 Å². The van der Waals surface area contributed by atoms with Gasteiger partial charge in [-0.05, 0) is 36.4 Å². The molecular formula is C16H14N2O3S. The minimum absolute atomic E-state index is 0.215. The van der Waals surface area contributed by atoms with Gasteiger partial charge in [-0.25, -0.2) is 13.4 Å². The molecule has 0 unspecified atom stereocenters. The van der Waals surface area contributed by atoms with E-state index in [2.05, 4.69) is 9.97 Å². The number of rotatable bonds is 4. The molecule has 1 N–H and O–H groups in total. The van der Waals surface area contributed by atoms with E-state index in [0.29, 0.717) is 17.1 Å². The number of nitrogens with one attached hydrogen (secondary N) is 1. The van der Waals surface area contributed by atoms with Crippen LogP contribution in [-0.2, 0) is 9.84 Å². The maximum Gasteiger partial charge on any atom is 0.207 e. The molecule has 3 rings (SSSR count). The first-order chi connectivity index (χ1) is 10.6. The highest BCUT2D eigenvalue weighted by molar-refractivity contribution is 7.91. The molecule has 2 aromatic carbocycles. The van der Waals surface area contributed by atoms with Gasteiger partial charge in [0.15, 0.2) is 0 Å². The maximum absolute atomic E-state index is 12.9. The molecule has 6 heteroatoms. The van der Waals surface area contributed by atoms with Crippen LogP contribution in [0.5, 0.6) is 5.75 Å². The largest absolute Gasteiger partial charge is 0.497 e. The van der Waals surface area contributed by atoms with Crippen LogP contribution >= 0.6 is 0 Å². The number of benzene rings is 2. The van der Waals surface area contributed by atoms with Gasteiger partial charge in [0.25, 0.3) is 0 Å². The number of ether oxygens (including phenoxy) is 1. The van der Waals surface area contributed by atoms with Crippen LogP contribution in [0.2, 0.25) is 0 Å². The van der Waals surface area contributed by atoms with Crippen LogP contribution in [0.15, 0.2) is 70.7 Å². The van der Waals surface area contributed by atoms with Gasteiger partial charge in [-0.2, -0.15) is 0 Å². The molecule has 0 saturated heterocycles. The van der Waals surface area contributed by atoms with Crippen LogP contribution < -0.4 is 4.74 Å². The van der Waals surface area contributed by atoms with Gasteiger partial charge in [0, 0.05) is 18.0 Å². The van der Waals surface area contributed by atoms with Crippen molar-refractivity contribution in [2.75, 3.05) is 7.11 Å². The standard InChI is InChI=1S/C16H14N2O3S/c1-21-12-6-8-13(9-7-12)22(19,20)15-5-3-2-4-14(15)16-17-10-11-18-16/h2-11H,1H3,(H,17,18). The molecule has 0 amide bonds. The summed E-state index contributed by atoms with van der Waals surface area (Å²) < 4.78 is 30.8. The van der Waals surface area contributed by atoms with E-state index in [4.69, 9.17) is 4.74 Å². The van der Waals surface area contributed by atoms with Crippen molar-refractivity contribution in [3.05, 3.63) is 60.9 Å². The van der Waals surface area contributed by atoms with Crippen LogP contribution in [0, 0.1) is 0 Å². The van der Waals surface area contributed by atoms with Crippen molar-refractivity contribution in [1.82, 2.24) is 9.97 Å². The molecule has 0 aliphatic carbocycles. The zero-order chi connectivity index (χ0) is 15.6. The summed E-state index contributed by atoms with van der Waals surface area (Å²) in [5.41, 5.74) is 0.545. The highest BCUT2D eigenvalue weighted by Crippen LogP contribution is 2.30. The lowest BCUT2D eigenvalue weighted by Gasteiger charge is -2.09. The summed E-state index contributed by atoms with van der Waals surface area (Å²) in [6.07, 6.45) is 3.25. The molecule has 0 fully saturated rings. The monoisotopic (exact) mass is 314 g/mol. The molecule has 0 aliphatic heterocycles. The minimum Gasteiger partial charge on any atom is -0.497 e. The van der Waals surface area contributed by atoms with E-state index in [9.17, 15) is 8.42 Å². The van der Waals surface area contributed by atoms with Gasteiger partial charge < -0.3 is 9.72 Å². The first-order valence-corrected chi connectivity index (χ1v) is 8.09. The van der Waals surface area contributed by atoms with E-state index in [1.54, 1.807) is 48.8 Å². The molecule has 1 aromatic heterocycles. The first kappa shape index (κ1) is 14.3. The molecule has 112 valence electrons. The smallest absolute Gasteiger partial charge is 0.207 e. The number of nitrogens with zero attached hydrogens (tertiary/aromatic N) is 1. The Bertz CT molecular complexity index is 870. The molecule has 0 aliphatic rings. The SMILES string of the molecule is COc1ccc(S(=O)(=O)c2ccccc2-c2ncc[nH]2)cc1. The zero-order valence-electron chi connectivity index (χ0n) is 11.9. The number of aromatic amines is 1. The van der Waals surface area contributed by atoms with Gasteiger partial charge in [0.05, 0.1) is 16.9 Å². The third-order valence-corrected chi connectivity index (χ3v) is 5.13. The van der Waals surface area contributed by atoms with Crippen molar-refractivity contribution in [3.8, 4) is 17.1 Å². The number of methoxy groups -OCH3 is 1. The van der Waals surface area contributed by atoms with Gasteiger partial charge in [-0.1, -0.05) is 12.1 Å². The minimum atomic E-state index is -3.64. The molecule has 22 heavy (non-hydrogen) atoms. The lowest BCUT2D eigenvalue weighted by molar-refractivity contribution is 0.414. The summed E-state index contributed by atoms with van der Waals surface area (Å²) in [6, 6.07) is 13.1. The van der Waals surface area contributed by atoms with Crippen LogP contribution in [0.1, 0.15) is 0 Å². The fraction of sp³-hybridized carbons (Fsp3) is 0.0625. The average Bonchev–Trinajstić information content (AvgIpc) is 3.09. The Kier molecular flexibility index (Phi) is 3.68. The average molecular weight is 314 g/mol. The van der Waals surface area contributed by atoms with Crippen molar-refractivity contribution in [2.24, 2.45) is 0 Å². The Morgan fingerprint density at radius 1 is 1.05 bits per heavy atom. The molecule has 0 radical (unpaired) electrons. The van der Waals surface area contributed by atoms with Gasteiger partial charge in [0.2, 0.25) is 9.84 Å². The molecule has 0 saturated carbocycles.